The number of sulfonamides is 1. The van der Waals surface area contributed by atoms with Gasteiger partial charge in [-0.3, -0.25) is 9.59 Å². The number of carbonyl (C=O) groups is 2. The molecule has 3 aromatic carbocycles. The highest BCUT2D eigenvalue weighted by atomic mass is 32.2. The van der Waals surface area contributed by atoms with Crippen molar-refractivity contribution in [2.45, 2.75) is 31.7 Å². The standard InChI is InChI=1S/C26H27N3O5S/c1-17-4-11-23(28-18(2)30)25(14-17)35(32,33)27-16-19-5-6-20-12-13-29(24(20)15-19)26(31)21-7-9-22(34-3)10-8-21/h4-11,14-15,27H,12-13,16H2,1-3H3,(H,28,30). The first kappa shape index (κ1) is 24.4. The first-order valence-electron chi connectivity index (χ1n) is 11.1. The van der Waals surface area contributed by atoms with Crippen LogP contribution in [0, 0.1) is 6.92 Å². The number of benzene rings is 3. The zero-order valence-corrected chi connectivity index (χ0v) is 20.6. The molecule has 0 saturated heterocycles. The molecule has 182 valence electrons. The van der Waals surface area contributed by atoms with Crippen molar-refractivity contribution in [2.75, 3.05) is 23.9 Å². The molecule has 1 aliphatic heterocycles. The van der Waals surface area contributed by atoms with Crippen LogP contribution >= 0.6 is 0 Å². The third-order valence-corrected chi connectivity index (χ3v) is 7.27. The van der Waals surface area contributed by atoms with E-state index in [1.54, 1.807) is 55.3 Å². The van der Waals surface area contributed by atoms with Crippen molar-refractivity contribution in [1.82, 2.24) is 4.72 Å². The van der Waals surface area contributed by atoms with Gasteiger partial charge >= 0.3 is 0 Å². The molecule has 0 radical (unpaired) electrons. The van der Waals surface area contributed by atoms with Crippen molar-refractivity contribution in [2.24, 2.45) is 0 Å². The van der Waals surface area contributed by atoms with Crippen molar-refractivity contribution < 1.29 is 22.7 Å². The number of nitrogens with one attached hydrogen (secondary N) is 2. The van der Waals surface area contributed by atoms with E-state index in [0.717, 1.165) is 28.8 Å². The minimum Gasteiger partial charge on any atom is -0.497 e. The molecule has 2 amide bonds. The van der Waals surface area contributed by atoms with Gasteiger partial charge < -0.3 is 15.0 Å². The van der Waals surface area contributed by atoms with Gasteiger partial charge in [-0.05, 0) is 72.5 Å². The maximum Gasteiger partial charge on any atom is 0.258 e. The second-order valence-corrected chi connectivity index (χ2v) is 10.1. The summed E-state index contributed by atoms with van der Waals surface area (Å²) in [6, 6.07) is 17.4. The molecule has 0 saturated carbocycles. The van der Waals surface area contributed by atoms with E-state index in [1.807, 2.05) is 18.2 Å². The van der Waals surface area contributed by atoms with Crippen LogP contribution in [0.15, 0.2) is 65.6 Å². The number of fused-ring (bicyclic) bond motifs is 1. The summed E-state index contributed by atoms with van der Waals surface area (Å²) in [5.41, 5.74) is 4.05. The van der Waals surface area contributed by atoms with E-state index < -0.39 is 10.0 Å². The Morgan fingerprint density at radius 2 is 1.77 bits per heavy atom. The number of methoxy groups -OCH3 is 1. The molecule has 0 fully saturated rings. The van der Waals surface area contributed by atoms with Crippen molar-refractivity contribution in [1.29, 1.82) is 0 Å². The molecule has 0 spiro atoms. The monoisotopic (exact) mass is 493 g/mol. The number of hydrogen-bond donors (Lipinski definition) is 2. The van der Waals surface area contributed by atoms with E-state index in [9.17, 15) is 18.0 Å². The third-order valence-electron chi connectivity index (χ3n) is 5.83. The molecule has 1 aliphatic rings. The lowest BCUT2D eigenvalue weighted by Crippen LogP contribution is -2.29. The molecule has 4 rings (SSSR count). The van der Waals surface area contributed by atoms with E-state index in [2.05, 4.69) is 10.0 Å². The Balaban J connectivity index is 1.54. The Morgan fingerprint density at radius 3 is 2.46 bits per heavy atom. The maximum absolute atomic E-state index is 13.1. The smallest absolute Gasteiger partial charge is 0.258 e. The molecule has 0 aliphatic carbocycles. The van der Waals surface area contributed by atoms with Crippen molar-refractivity contribution >= 4 is 33.2 Å². The molecular weight excluding hydrogens is 466 g/mol. The van der Waals surface area contributed by atoms with E-state index >= 15 is 0 Å². The number of carbonyl (C=O) groups excluding carboxylic acids is 2. The summed E-state index contributed by atoms with van der Waals surface area (Å²) in [7, 11) is -2.34. The Hall–Kier alpha value is -3.69. The number of hydrogen-bond acceptors (Lipinski definition) is 5. The van der Waals surface area contributed by atoms with Crippen LogP contribution in [-0.4, -0.2) is 33.9 Å². The van der Waals surface area contributed by atoms with Crippen molar-refractivity contribution in [3.05, 3.63) is 82.9 Å². The summed E-state index contributed by atoms with van der Waals surface area (Å²) in [5, 5.41) is 2.57. The number of amides is 2. The summed E-state index contributed by atoms with van der Waals surface area (Å²) in [6.07, 6.45) is 0.729. The first-order chi connectivity index (χ1) is 16.7. The maximum atomic E-state index is 13.1. The number of nitrogens with zero attached hydrogens (tertiary/aromatic N) is 1. The van der Waals surface area contributed by atoms with Crippen LogP contribution in [0.25, 0.3) is 0 Å². The molecule has 35 heavy (non-hydrogen) atoms. The Morgan fingerprint density at radius 1 is 1.03 bits per heavy atom. The lowest BCUT2D eigenvalue weighted by molar-refractivity contribution is -0.114. The van der Waals surface area contributed by atoms with Crippen LogP contribution in [0.2, 0.25) is 0 Å². The van der Waals surface area contributed by atoms with Gasteiger partial charge in [-0.2, -0.15) is 0 Å². The van der Waals surface area contributed by atoms with Crippen molar-refractivity contribution in [3.8, 4) is 5.75 Å². The van der Waals surface area contributed by atoms with Crippen LogP contribution in [0.4, 0.5) is 11.4 Å². The minimum absolute atomic E-state index is 0.00479. The fourth-order valence-corrected chi connectivity index (χ4v) is 5.30. The van der Waals surface area contributed by atoms with Gasteiger partial charge in [-0.25, -0.2) is 13.1 Å². The van der Waals surface area contributed by atoms with Gasteiger partial charge in [0.2, 0.25) is 15.9 Å². The summed E-state index contributed by atoms with van der Waals surface area (Å²) in [6.45, 7) is 3.70. The highest BCUT2D eigenvalue weighted by Crippen LogP contribution is 2.31. The summed E-state index contributed by atoms with van der Waals surface area (Å²) < 4.78 is 33.9. The van der Waals surface area contributed by atoms with Gasteiger partial charge in [0.15, 0.2) is 0 Å². The fraction of sp³-hybridized carbons (Fsp3) is 0.231. The fourth-order valence-electron chi connectivity index (χ4n) is 4.04. The van der Waals surface area contributed by atoms with Crippen molar-refractivity contribution in [3.63, 3.8) is 0 Å². The topological polar surface area (TPSA) is 105 Å². The van der Waals surface area contributed by atoms with Crippen LogP contribution < -0.4 is 19.7 Å². The largest absolute Gasteiger partial charge is 0.497 e. The zero-order valence-electron chi connectivity index (χ0n) is 19.8. The molecule has 3 aromatic rings. The van der Waals surface area contributed by atoms with Gasteiger partial charge in [-0.1, -0.05) is 18.2 Å². The van der Waals surface area contributed by atoms with Gasteiger partial charge in [0.05, 0.1) is 12.8 Å². The highest BCUT2D eigenvalue weighted by molar-refractivity contribution is 7.89. The van der Waals surface area contributed by atoms with Crippen LogP contribution in [-0.2, 0) is 27.8 Å². The first-order valence-corrected chi connectivity index (χ1v) is 12.6. The van der Waals surface area contributed by atoms with E-state index in [4.69, 9.17) is 4.74 Å². The molecule has 1 heterocycles. The lowest BCUT2D eigenvalue weighted by atomic mass is 10.1. The lowest BCUT2D eigenvalue weighted by Gasteiger charge is -2.19. The molecule has 2 N–H and O–H groups in total. The zero-order chi connectivity index (χ0) is 25.2. The Bertz CT molecular complexity index is 1380. The summed E-state index contributed by atoms with van der Waals surface area (Å²) in [4.78, 5) is 26.4. The van der Waals surface area contributed by atoms with E-state index in [-0.39, 0.29) is 28.9 Å². The molecule has 0 aromatic heterocycles. The molecule has 0 atom stereocenters. The SMILES string of the molecule is COc1ccc(C(=O)N2CCc3ccc(CNS(=O)(=O)c4cc(C)ccc4NC(C)=O)cc32)cc1. The minimum atomic E-state index is -3.91. The number of rotatable bonds is 7. The average molecular weight is 494 g/mol. The Labute approximate surface area is 205 Å². The predicted octanol–water partition coefficient (Wildman–Crippen LogP) is 3.64. The molecular formula is C26H27N3O5S. The Kier molecular flexibility index (Phi) is 6.90. The van der Waals surface area contributed by atoms with Gasteiger partial charge in [-0.15, -0.1) is 0 Å². The quantitative estimate of drug-likeness (QED) is 0.523. The van der Waals surface area contributed by atoms with E-state index in [0.29, 0.717) is 17.9 Å². The summed E-state index contributed by atoms with van der Waals surface area (Å²) in [5.74, 6) is 0.197. The van der Waals surface area contributed by atoms with Crippen LogP contribution in [0.1, 0.15) is 34.0 Å². The average Bonchev–Trinajstić information content (AvgIpc) is 3.26. The number of anilines is 2. The molecule has 9 heteroatoms. The van der Waals surface area contributed by atoms with Gasteiger partial charge in [0.25, 0.3) is 5.91 Å². The normalized spacial score (nSPS) is 12.8. The molecule has 0 unspecified atom stereocenters. The highest BCUT2D eigenvalue weighted by Gasteiger charge is 2.26. The molecule has 0 bridgehead atoms. The van der Waals surface area contributed by atoms with Gasteiger partial charge in [0, 0.05) is 31.3 Å². The second kappa shape index (κ2) is 9.89. The van der Waals surface area contributed by atoms with Gasteiger partial charge in [0.1, 0.15) is 10.6 Å². The van der Waals surface area contributed by atoms with Crippen LogP contribution in [0.3, 0.4) is 0 Å². The number of ether oxygens (including phenoxy) is 1. The number of aryl methyl sites for hydroxylation is 1. The third kappa shape index (κ3) is 5.36. The summed E-state index contributed by atoms with van der Waals surface area (Å²) >= 11 is 0. The predicted molar refractivity (Wildman–Crippen MR) is 134 cm³/mol. The second-order valence-electron chi connectivity index (χ2n) is 8.40. The van der Waals surface area contributed by atoms with E-state index in [1.165, 1.54) is 13.0 Å². The van der Waals surface area contributed by atoms with Crippen LogP contribution in [0.5, 0.6) is 5.75 Å². The molecule has 8 nitrogen and oxygen atoms in total.